The molecular weight excluding hydrogens is 300 g/mol. The second-order valence-electron chi connectivity index (χ2n) is 8.84. The molecule has 0 unspecified atom stereocenters. The topological polar surface area (TPSA) is 51.2 Å². The van der Waals surface area contributed by atoms with Crippen LogP contribution < -0.4 is 0 Å². The Morgan fingerprint density at radius 3 is 2.33 bits per heavy atom. The molecule has 6 atom stereocenters. The van der Waals surface area contributed by atoms with E-state index in [2.05, 4.69) is 20.1 Å². The maximum Gasteiger partial charge on any atom is 0.162 e. The molecule has 0 aromatic heterocycles. The van der Waals surface area contributed by atoms with Gasteiger partial charge in [0.1, 0.15) is 11.6 Å². The highest BCUT2D eigenvalue weighted by atomic mass is 16.1. The zero-order valence-corrected chi connectivity index (χ0v) is 15.3. The van der Waals surface area contributed by atoms with Gasteiger partial charge in [0.15, 0.2) is 5.78 Å². The van der Waals surface area contributed by atoms with E-state index >= 15 is 0 Å². The van der Waals surface area contributed by atoms with Gasteiger partial charge in [-0.3, -0.25) is 14.4 Å². The molecule has 0 aliphatic heterocycles. The van der Waals surface area contributed by atoms with Crippen molar-refractivity contribution < 1.29 is 14.4 Å². The number of ketones is 3. The number of hydrogen-bond donors (Lipinski definition) is 0. The molecule has 130 valence electrons. The lowest BCUT2D eigenvalue weighted by Gasteiger charge is -2.56. The summed E-state index contributed by atoms with van der Waals surface area (Å²) in [7, 11) is 0. The third kappa shape index (κ3) is 1.81. The van der Waals surface area contributed by atoms with Gasteiger partial charge in [-0.15, -0.1) is 6.58 Å². The van der Waals surface area contributed by atoms with Crippen molar-refractivity contribution in [2.75, 3.05) is 0 Å². The first-order chi connectivity index (χ1) is 11.0. The van der Waals surface area contributed by atoms with Gasteiger partial charge in [-0.25, -0.2) is 0 Å². The highest BCUT2D eigenvalue weighted by Crippen LogP contribution is 2.66. The Balaban J connectivity index is 2.29. The summed E-state index contributed by atoms with van der Waals surface area (Å²) in [5, 5.41) is 0. The maximum absolute atomic E-state index is 13.3. The molecule has 2 bridgehead atoms. The summed E-state index contributed by atoms with van der Waals surface area (Å²) in [4.78, 5) is 39.6. The van der Waals surface area contributed by atoms with E-state index in [1.165, 1.54) is 0 Å². The van der Waals surface area contributed by atoms with Gasteiger partial charge in [-0.2, -0.15) is 0 Å². The number of carbonyl (C=O) groups is 3. The van der Waals surface area contributed by atoms with E-state index in [1.807, 2.05) is 20.8 Å². The molecule has 0 aromatic carbocycles. The monoisotopic (exact) mass is 328 g/mol. The lowest BCUT2D eigenvalue weighted by Crippen LogP contribution is -2.60. The second-order valence-corrected chi connectivity index (χ2v) is 8.84. The maximum atomic E-state index is 13.3. The van der Waals surface area contributed by atoms with E-state index in [0.29, 0.717) is 12.0 Å². The first-order valence-corrected chi connectivity index (χ1v) is 8.98. The SMILES string of the molecule is C=C[C@]1(C)CC(=O)[C@]2(C)[C@H](C)CC[C@]3(CC(=C)C(=O)[C@H]32)[C@@H](C)C1=O. The zero-order chi connectivity index (χ0) is 18.1. The molecule has 3 aliphatic carbocycles. The summed E-state index contributed by atoms with van der Waals surface area (Å²) in [6.07, 6.45) is 4.02. The second kappa shape index (κ2) is 5.00. The average molecular weight is 328 g/mol. The van der Waals surface area contributed by atoms with Crippen LogP contribution >= 0.6 is 0 Å². The summed E-state index contributed by atoms with van der Waals surface area (Å²) in [5.74, 6) is -0.438. The summed E-state index contributed by atoms with van der Waals surface area (Å²) >= 11 is 0. The molecule has 0 amide bonds. The minimum absolute atomic E-state index is 0.0132. The molecule has 3 heteroatoms. The molecule has 0 heterocycles. The minimum atomic E-state index is -0.847. The molecule has 3 nitrogen and oxygen atoms in total. The Hall–Kier alpha value is -1.51. The van der Waals surface area contributed by atoms with Crippen LogP contribution in [0.15, 0.2) is 24.8 Å². The molecular formula is C21H28O3. The third-order valence-corrected chi connectivity index (χ3v) is 7.79. The van der Waals surface area contributed by atoms with Crippen molar-refractivity contribution in [3.8, 4) is 0 Å². The first kappa shape index (κ1) is 17.3. The third-order valence-electron chi connectivity index (χ3n) is 7.79. The van der Waals surface area contributed by atoms with Crippen LogP contribution in [0.1, 0.15) is 53.4 Å². The van der Waals surface area contributed by atoms with Crippen molar-refractivity contribution >= 4 is 17.3 Å². The highest BCUT2D eigenvalue weighted by molar-refractivity contribution is 6.07. The van der Waals surface area contributed by atoms with E-state index in [-0.39, 0.29) is 35.6 Å². The summed E-state index contributed by atoms with van der Waals surface area (Å²) in [6.45, 7) is 15.6. The first-order valence-electron chi connectivity index (χ1n) is 8.98. The van der Waals surface area contributed by atoms with Gasteiger partial charge < -0.3 is 0 Å². The van der Waals surface area contributed by atoms with Gasteiger partial charge in [0.25, 0.3) is 0 Å². The Morgan fingerprint density at radius 2 is 1.75 bits per heavy atom. The van der Waals surface area contributed by atoms with Crippen LogP contribution in [-0.4, -0.2) is 17.3 Å². The van der Waals surface area contributed by atoms with Crippen LogP contribution in [0.5, 0.6) is 0 Å². The fraction of sp³-hybridized carbons (Fsp3) is 0.667. The molecule has 0 radical (unpaired) electrons. The van der Waals surface area contributed by atoms with Gasteiger partial charge in [-0.1, -0.05) is 33.4 Å². The van der Waals surface area contributed by atoms with Crippen molar-refractivity contribution in [1.82, 2.24) is 0 Å². The molecule has 3 saturated carbocycles. The van der Waals surface area contributed by atoms with Gasteiger partial charge in [0.05, 0.1) is 5.41 Å². The fourth-order valence-corrected chi connectivity index (χ4v) is 5.82. The van der Waals surface area contributed by atoms with E-state index in [9.17, 15) is 14.4 Å². The fourth-order valence-electron chi connectivity index (χ4n) is 5.82. The number of allylic oxidation sites excluding steroid dienone is 2. The van der Waals surface area contributed by atoms with Crippen molar-refractivity contribution in [2.24, 2.45) is 34.0 Å². The highest BCUT2D eigenvalue weighted by Gasteiger charge is 2.68. The van der Waals surface area contributed by atoms with Crippen molar-refractivity contribution in [3.63, 3.8) is 0 Å². The number of Topliss-reactive ketones (excluding diaryl/α,β-unsaturated/α-hetero) is 3. The van der Waals surface area contributed by atoms with Gasteiger partial charge >= 0.3 is 0 Å². The Labute approximate surface area is 144 Å². The molecule has 3 rings (SSSR count). The minimum Gasteiger partial charge on any atom is -0.299 e. The summed E-state index contributed by atoms with van der Waals surface area (Å²) in [5.41, 5.74) is -1.42. The van der Waals surface area contributed by atoms with Gasteiger partial charge in [-0.05, 0) is 43.1 Å². The largest absolute Gasteiger partial charge is 0.299 e. The molecule has 0 saturated heterocycles. The molecule has 0 aromatic rings. The standard InChI is InChI=1S/C21H28O3/c1-7-19(5)11-15(22)20(6)13(3)8-9-21(14(4)18(19)24)10-12(2)16(23)17(20)21/h7,13-14,17H,1-2,8-11H2,3-6H3/t13-,14+,17+,19-,20+,21+/m1/s1. The molecule has 3 fully saturated rings. The van der Waals surface area contributed by atoms with Crippen molar-refractivity contribution in [2.45, 2.75) is 53.4 Å². The van der Waals surface area contributed by atoms with Crippen molar-refractivity contribution in [3.05, 3.63) is 24.8 Å². The predicted octanol–water partition coefficient (Wildman–Crippen LogP) is 3.92. The summed E-state index contributed by atoms with van der Waals surface area (Å²) < 4.78 is 0. The number of rotatable bonds is 1. The van der Waals surface area contributed by atoms with Crippen molar-refractivity contribution in [1.29, 1.82) is 0 Å². The van der Waals surface area contributed by atoms with E-state index in [0.717, 1.165) is 12.8 Å². The Morgan fingerprint density at radius 1 is 1.12 bits per heavy atom. The zero-order valence-electron chi connectivity index (χ0n) is 15.3. The lowest BCUT2D eigenvalue weighted by atomic mass is 9.44. The van der Waals surface area contributed by atoms with Crippen LogP contribution in [0.4, 0.5) is 0 Å². The summed E-state index contributed by atoms with van der Waals surface area (Å²) in [6, 6.07) is 0. The van der Waals surface area contributed by atoms with Gasteiger partial charge in [0.2, 0.25) is 0 Å². The van der Waals surface area contributed by atoms with E-state index in [4.69, 9.17) is 0 Å². The van der Waals surface area contributed by atoms with E-state index in [1.54, 1.807) is 6.08 Å². The molecule has 24 heavy (non-hydrogen) atoms. The quantitative estimate of drug-likeness (QED) is 0.541. The van der Waals surface area contributed by atoms with Crippen LogP contribution in [0, 0.1) is 34.0 Å². The molecule has 0 spiro atoms. The van der Waals surface area contributed by atoms with Crippen LogP contribution in [0.3, 0.4) is 0 Å². The Kier molecular flexibility index (Phi) is 3.61. The molecule has 0 N–H and O–H groups in total. The van der Waals surface area contributed by atoms with Gasteiger partial charge in [0, 0.05) is 23.7 Å². The Bertz CT molecular complexity index is 675. The average Bonchev–Trinajstić information content (AvgIpc) is 2.81. The molecule has 3 aliphatic rings. The lowest BCUT2D eigenvalue weighted by molar-refractivity contribution is -0.166. The number of hydrogen-bond acceptors (Lipinski definition) is 3. The van der Waals surface area contributed by atoms with E-state index < -0.39 is 22.2 Å². The van der Waals surface area contributed by atoms with Crippen LogP contribution in [0.2, 0.25) is 0 Å². The van der Waals surface area contributed by atoms with Crippen LogP contribution in [-0.2, 0) is 14.4 Å². The smallest absolute Gasteiger partial charge is 0.162 e. The predicted molar refractivity (Wildman–Crippen MR) is 93.3 cm³/mol. The van der Waals surface area contributed by atoms with Crippen LogP contribution in [0.25, 0.3) is 0 Å². The normalized spacial score (nSPS) is 48.8. The number of carbonyl (C=O) groups excluding carboxylic acids is 3.